The van der Waals surface area contributed by atoms with Gasteiger partial charge in [-0.3, -0.25) is 0 Å². The molecule has 1 heteroatoms. The van der Waals surface area contributed by atoms with Crippen LogP contribution < -0.4 is 0 Å². The largest absolute Gasteiger partial charge is 0.303 e. The van der Waals surface area contributed by atoms with E-state index >= 15 is 0 Å². The summed E-state index contributed by atoms with van der Waals surface area (Å²) >= 11 is 0. The molecule has 0 aromatic rings. The second kappa shape index (κ2) is 3.23. The molecule has 3 rings (SSSR count). The summed E-state index contributed by atoms with van der Waals surface area (Å²) in [6, 6.07) is 0. The summed E-state index contributed by atoms with van der Waals surface area (Å²) in [5.74, 6) is 0.898. The van der Waals surface area contributed by atoms with Crippen LogP contribution in [-0.2, 0) is 0 Å². The average molecular weight is 207 g/mol. The van der Waals surface area contributed by atoms with Crippen LogP contribution in [0.1, 0.15) is 52.4 Å². The van der Waals surface area contributed by atoms with E-state index in [1.165, 1.54) is 58.2 Å². The van der Waals surface area contributed by atoms with Crippen molar-refractivity contribution in [3.05, 3.63) is 0 Å². The molecule has 86 valence electrons. The maximum Gasteiger partial charge on any atom is 0.00404 e. The zero-order chi connectivity index (χ0) is 10.5. The molecule has 2 saturated carbocycles. The van der Waals surface area contributed by atoms with E-state index in [4.69, 9.17) is 0 Å². The van der Waals surface area contributed by atoms with Gasteiger partial charge < -0.3 is 4.90 Å². The molecule has 0 aromatic heterocycles. The topological polar surface area (TPSA) is 3.24 Å². The minimum atomic E-state index is 0.730. The Hall–Kier alpha value is -0.0400. The fraction of sp³-hybridized carbons (Fsp3) is 1.00. The second-order valence-corrected chi connectivity index (χ2v) is 6.79. The first-order chi connectivity index (χ1) is 7.14. The van der Waals surface area contributed by atoms with Gasteiger partial charge in [-0.15, -0.1) is 0 Å². The first kappa shape index (κ1) is 10.1. The molecule has 3 fully saturated rings. The SMILES string of the molecule is CC(C)C1(CN2CCC3(CC2)CC3)CC1. The first-order valence-corrected chi connectivity index (χ1v) is 6.87. The number of rotatable bonds is 3. The summed E-state index contributed by atoms with van der Waals surface area (Å²) in [6.07, 6.45) is 9.06. The van der Waals surface area contributed by atoms with Crippen LogP contribution in [0.2, 0.25) is 0 Å². The van der Waals surface area contributed by atoms with Crippen LogP contribution in [0.25, 0.3) is 0 Å². The predicted octanol–water partition coefficient (Wildman–Crippen LogP) is 3.30. The minimum absolute atomic E-state index is 0.730. The molecular formula is C14H25N. The van der Waals surface area contributed by atoms with Crippen LogP contribution in [0.15, 0.2) is 0 Å². The molecule has 0 bridgehead atoms. The Morgan fingerprint density at radius 2 is 1.53 bits per heavy atom. The summed E-state index contributed by atoms with van der Waals surface area (Å²) in [5.41, 5.74) is 1.58. The molecule has 0 amide bonds. The Bertz CT molecular complexity index is 238. The van der Waals surface area contributed by atoms with E-state index in [2.05, 4.69) is 18.7 Å². The van der Waals surface area contributed by atoms with Crippen molar-refractivity contribution in [2.75, 3.05) is 19.6 Å². The van der Waals surface area contributed by atoms with Gasteiger partial charge in [0.2, 0.25) is 0 Å². The zero-order valence-electron chi connectivity index (χ0n) is 10.4. The average Bonchev–Trinajstić information content (AvgIpc) is 3.07. The first-order valence-electron chi connectivity index (χ1n) is 6.87. The molecule has 1 heterocycles. The normalized spacial score (nSPS) is 32.2. The third-order valence-corrected chi connectivity index (χ3v) is 5.53. The highest BCUT2D eigenvalue weighted by molar-refractivity contribution is 5.01. The van der Waals surface area contributed by atoms with Gasteiger partial charge in [0.05, 0.1) is 0 Å². The van der Waals surface area contributed by atoms with Crippen molar-refractivity contribution in [2.24, 2.45) is 16.7 Å². The van der Waals surface area contributed by atoms with E-state index < -0.39 is 0 Å². The maximum atomic E-state index is 2.76. The number of nitrogens with zero attached hydrogens (tertiary/aromatic N) is 1. The van der Waals surface area contributed by atoms with Crippen LogP contribution in [0.4, 0.5) is 0 Å². The fourth-order valence-corrected chi connectivity index (χ4v) is 3.39. The molecule has 1 spiro atoms. The lowest BCUT2D eigenvalue weighted by molar-refractivity contribution is 0.127. The lowest BCUT2D eigenvalue weighted by atomic mass is 9.89. The van der Waals surface area contributed by atoms with Crippen LogP contribution in [0.5, 0.6) is 0 Å². The molecule has 3 aliphatic rings. The lowest BCUT2D eigenvalue weighted by Crippen LogP contribution is -2.39. The zero-order valence-corrected chi connectivity index (χ0v) is 10.4. The van der Waals surface area contributed by atoms with E-state index in [0.29, 0.717) is 0 Å². The van der Waals surface area contributed by atoms with Crippen molar-refractivity contribution < 1.29 is 0 Å². The third-order valence-electron chi connectivity index (χ3n) is 5.53. The van der Waals surface area contributed by atoms with Gasteiger partial charge in [0, 0.05) is 6.54 Å². The van der Waals surface area contributed by atoms with Crippen molar-refractivity contribution in [2.45, 2.75) is 52.4 Å². The molecule has 2 aliphatic carbocycles. The van der Waals surface area contributed by atoms with Gasteiger partial charge in [0.25, 0.3) is 0 Å². The highest BCUT2D eigenvalue weighted by Crippen LogP contribution is 2.56. The highest BCUT2D eigenvalue weighted by Gasteiger charge is 2.49. The Labute approximate surface area is 94.2 Å². The number of piperidine rings is 1. The number of hydrogen-bond donors (Lipinski definition) is 0. The summed E-state index contributed by atoms with van der Waals surface area (Å²) in [5, 5.41) is 0. The molecule has 1 aliphatic heterocycles. The second-order valence-electron chi connectivity index (χ2n) is 6.79. The third kappa shape index (κ3) is 1.84. The molecule has 0 unspecified atom stereocenters. The molecule has 1 saturated heterocycles. The number of hydrogen-bond acceptors (Lipinski definition) is 1. The van der Waals surface area contributed by atoms with E-state index in [0.717, 1.165) is 16.7 Å². The van der Waals surface area contributed by atoms with Crippen LogP contribution in [-0.4, -0.2) is 24.5 Å². The Morgan fingerprint density at radius 3 is 1.93 bits per heavy atom. The Morgan fingerprint density at radius 1 is 0.933 bits per heavy atom. The summed E-state index contributed by atoms with van der Waals surface area (Å²) in [4.78, 5) is 2.76. The molecule has 1 nitrogen and oxygen atoms in total. The van der Waals surface area contributed by atoms with Gasteiger partial charge in [-0.2, -0.15) is 0 Å². The molecule has 0 aromatic carbocycles. The minimum Gasteiger partial charge on any atom is -0.303 e. The van der Waals surface area contributed by atoms with Gasteiger partial charge in [-0.1, -0.05) is 13.8 Å². The van der Waals surface area contributed by atoms with Gasteiger partial charge in [0.15, 0.2) is 0 Å². The van der Waals surface area contributed by atoms with Crippen LogP contribution >= 0.6 is 0 Å². The van der Waals surface area contributed by atoms with E-state index in [1.807, 2.05) is 0 Å². The van der Waals surface area contributed by atoms with Crippen molar-refractivity contribution in [1.82, 2.24) is 4.90 Å². The summed E-state index contributed by atoms with van der Waals surface area (Å²) < 4.78 is 0. The molecule has 15 heavy (non-hydrogen) atoms. The quantitative estimate of drug-likeness (QED) is 0.686. The van der Waals surface area contributed by atoms with E-state index in [1.54, 1.807) is 0 Å². The van der Waals surface area contributed by atoms with Gasteiger partial charge >= 0.3 is 0 Å². The number of likely N-dealkylation sites (tertiary alicyclic amines) is 1. The van der Waals surface area contributed by atoms with E-state index in [9.17, 15) is 0 Å². The standard InChI is InChI=1S/C14H25N/c1-12(2)14(5-6-14)11-15-9-7-13(3-4-13)8-10-15/h12H,3-11H2,1-2H3. The molecule has 0 N–H and O–H groups in total. The van der Waals surface area contributed by atoms with Gasteiger partial charge in [-0.05, 0) is 68.4 Å². The van der Waals surface area contributed by atoms with Crippen molar-refractivity contribution in [3.8, 4) is 0 Å². The van der Waals surface area contributed by atoms with Gasteiger partial charge in [0.1, 0.15) is 0 Å². The van der Waals surface area contributed by atoms with E-state index in [-0.39, 0.29) is 0 Å². The maximum absolute atomic E-state index is 2.76. The summed E-state index contributed by atoms with van der Waals surface area (Å²) in [7, 11) is 0. The molecule has 0 radical (unpaired) electrons. The van der Waals surface area contributed by atoms with Crippen LogP contribution in [0.3, 0.4) is 0 Å². The fourth-order valence-electron chi connectivity index (χ4n) is 3.39. The Kier molecular flexibility index (Phi) is 2.18. The molecule has 0 atom stereocenters. The summed E-state index contributed by atoms with van der Waals surface area (Å²) in [6.45, 7) is 9.03. The van der Waals surface area contributed by atoms with Crippen LogP contribution in [0, 0.1) is 16.7 Å². The smallest absolute Gasteiger partial charge is 0.00404 e. The van der Waals surface area contributed by atoms with Gasteiger partial charge in [-0.25, -0.2) is 0 Å². The lowest BCUT2D eigenvalue weighted by Gasteiger charge is -2.35. The Balaban J connectivity index is 1.52. The van der Waals surface area contributed by atoms with Crippen molar-refractivity contribution in [1.29, 1.82) is 0 Å². The van der Waals surface area contributed by atoms with Crippen molar-refractivity contribution in [3.63, 3.8) is 0 Å². The highest BCUT2D eigenvalue weighted by atomic mass is 15.1. The predicted molar refractivity (Wildman–Crippen MR) is 63.8 cm³/mol. The monoisotopic (exact) mass is 207 g/mol. The van der Waals surface area contributed by atoms with Crippen molar-refractivity contribution >= 4 is 0 Å². The molecular weight excluding hydrogens is 182 g/mol.